The van der Waals surface area contributed by atoms with Crippen LogP contribution in [0.4, 0.5) is 4.39 Å². The Morgan fingerprint density at radius 1 is 1.30 bits per heavy atom. The van der Waals surface area contributed by atoms with Gasteiger partial charge < -0.3 is 5.32 Å². The average Bonchev–Trinajstić information content (AvgIpc) is 2.88. The fourth-order valence-corrected chi connectivity index (χ4v) is 2.25. The first-order valence-electron chi connectivity index (χ1n) is 7.11. The topological polar surface area (TPSA) is 42.7 Å². The summed E-state index contributed by atoms with van der Waals surface area (Å²) >= 11 is 0. The maximum Gasteiger partial charge on any atom is 0.141 e. The zero-order chi connectivity index (χ0) is 14.4. The van der Waals surface area contributed by atoms with E-state index in [9.17, 15) is 4.39 Å². The molecule has 1 unspecified atom stereocenters. The van der Waals surface area contributed by atoms with E-state index in [0.29, 0.717) is 0 Å². The molecule has 0 saturated carbocycles. The van der Waals surface area contributed by atoms with Crippen molar-refractivity contribution in [3.63, 3.8) is 0 Å². The fourth-order valence-electron chi connectivity index (χ4n) is 2.25. The quantitative estimate of drug-likeness (QED) is 0.845. The van der Waals surface area contributed by atoms with Crippen LogP contribution in [0.1, 0.15) is 44.0 Å². The highest BCUT2D eigenvalue weighted by Crippen LogP contribution is 2.22. The van der Waals surface area contributed by atoms with Crippen molar-refractivity contribution in [2.75, 3.05) is 6.54 Å². The SMILES string of the molecule is CCCNC(c1cncc(F)c1)c1ccnn1CCC. The van der Waals surface area contributed by atoms with Crippen molar-refractivity contribution in [2.45, 2.75) is 39.3 Å². The van der Waals surface area contributed by atoms with Crippen LogP contribution in [0, 0.1) is 5.82 Å². The minimum absolute atomic E-state index is 0.0767. The van der Waals surface area contributed by atoms with Crippen LogP contribution in [0.15, 0.2) is 30.7 Å². The highest BCUT2D eigenvalue weighted by Gasteiger charge is 2.18. The average molecular weight is 276 g/mol. The third kappa shape index (κ3) is 3.42. The molecule has 0 radical (unpaired) electrons. The zero-order valence-corrected chi connectivity index (χ0v) is 12.0. The molecular formula is C15H21FN4. The van der Waals surface area contributed by atoms with Crippen LogP contribution in [0.3, 0.4) is 0 Å². The molecule has 2 aromatic heterocycles. The molecule has 1 atom stereocenters. The van der Waals surface area contributed by atoms with Crippen molar-refractivity contribution >= 4 is 0 Å². The lowest BCUT2D eigenvalue weighted by molar-refractivity contribution is 0.508. The van der Waals surface area contributed by atoms with Crippen LogP contribution in [-0.2, 0) is 6.54 Å². The van der Waals surface area contributed by atoms with Gasteiger partial charge in [0, 0.05) is 18.9 Å². The van der Waals surface area contributed by atoms with Gasteiger partial charge in [-0.2, -0.15) is 5.10 Å². The molecule has 20 heavy (non-hydrogen) atoms. The molecule has 2 aromatic rings. The van der Waals surface area contributed by atoms with Gasteiger partial charge in [0.05, 0.1) is 17.9 Å². The minimum Gasteiger partial charge on any atom is -0.305 e. The molecule has 2 heterocycles. The zero-order valence-electron chi connectivity index (χ0n) is 12.0. The van der Waals surface area contributed by atoms with Gasteiger partial charge in [-0.25, -0.2) is 4.39 Å². The molecule has 0 amide bonds. The third-order valence-electron chi connectivity index (χ3n) is 3.14. The summed E-state index contributed by atoms with van der Waals surface area (Å²) in [5.41, 5.74) is 1.88. The maximum atomic E-state index is 13.4. The van der Waals surface area contributed by atoms with Gasteiger partial charge in [0.15, 0.2) is 0 Å². The molecule has 0 aliphatic heterocycles. The molecule has 0 aromatic carbocycles. The highest BCUT2D eigenvalue weighted by atomic mass is 19.1. The van der Waals surface area contributed by atoms with E-state index in [0.717, 1.165) is 37.2 Å². The number of nitrogens with one attached hydrogen (secondary N) is 1. The summed E-state index contributed by atoms with van der Waals surface area (Å²) in [6, 6.07) is 3.43. The lowest BCUT2D eigenvalue weighted by atomic mass is 10.1. The van der Waals surface area contributed by atoms with Crippen LogP contribution in [0.25, 0.3) is 0 Å². The van der Waals surface area contributed by atoms with E-state index in [1.54, 1.807) is 12.4 Å². The number of aryl methyl sites for hydroxylation is 1. The van der Waals surface area contributed by atoms with E-state index in [4.69, 9.17) is 0 Å². The Hall–Kier alpha value is -1.75. The molecule has 0 bridgehead atoms. The number of hydrogen-bond acceptors (Lipinski definition) is 3. The first-order valence-corrected chi connectivity index (χ1v) is 7.11. The van der Waals surface area contributed by atoms with Gasteiger partial charge in [-0.05, 0) is 37.1 Å². The predicted octanol–water partition coefficient (Wildman–Crippen LogP) is 2.92. The van der Waals surface area contributed by atoms with E-state index < -0.39 is 0 Å². The molecule has 1 N–H and O–H groups in total. The summed E-state index contributed by atoms with van der Waals surface area (Å²) in [7, 11) is 0. The second kappa shape index (κ2) is 7.14. The molecule has 108 valence electrons. The van der Waals surface area contributed by atoms with E-state index in [1.807, 2.05) is 10.7 Å². The van der Waals surface area contributed by atoms with Gasteiger partial charge in [-0.3, -0.25) is 9.67 Å². The molecule has 0 aliphatic carbocycles. The van der Waals surface area contributed by atoms with Crippen molar-refractivity contribution in [3.8, 4) is 0 Å². The third-order valence-corrected chi connectivity index (χ3v) is 3.14. The summed E-state index contributed by atoms with van der Waals surface area (Å²) in [6.07, 6.45) is 6.75. The normalized spacial score (nSPS) is 12.6. The highest BCUT2D eigenvalue weighted by molar-refractivity contribution is 5.25. The number of rotatable bonds is 7. The molecule has 5 heteroatoms. The van der Waals surface area contributed by atoms with E-state index in [2.05, 4.69) is 29.2 Å². The Labute approximate surface area is 119 Å². The van der Waals surface area contributed by atoms with Crippen molar-refractivity contribution in [1.29, 1.82) is 0 Å². The Morgan fingerprint density at radius 3 is 2.85 bits per heavy atom. The second-order valence-electron chi connectivity index (χ2n) is 4.80. The summed E-state index contributed by atoms with van der Waals surface area (Å²) < 4.78 is 15.4. The summed E-state index contributed by atoms with van der Waals surface area (Å²) in [4.78, 5) is 3.95. The van der Waals surface area contributed by atoms with Gasteiger partial charge in [-0.15, -0.1) is 0 Å². The van der Waals surface area contributed by atoms with Gasteiger partial charge in [0.25, 0.3) is 0 Å². The molecule has 0 aliphatic rings. The van der Waals surface area contributed by atoms with Crippen molar-refractivity contribution < 1.29 is 4.39 Å². The molecule has 0 saturated heterocycles. The van der Waals surface area contributed by atoms with Gasteiger partial charge >= 0.3 is 0 Å². The first-order chi connectivity index (χ1) is 9.76. The fraction of sp³-hybridized carbons (Fsp3) is 0.467. The monoisotopic (exact) mass is 276 g/mol. The smallest absolute Gasteiger partial charge is 0.141 e. The lowest BCUT2D eigenvalue weighted by Gasteiger charge is -2.20. The van der Waals surface area contributed by atoms with Gasteiger partial charge in [-0.1, -0.05) is 13.8 Å². The Morgan fingerprint density at radius 2 is 2.15 bits per heavy atom. The maximum absolute atomic E-state index is 13.4. The Bertz CT molecular complexity index is 538. The standard InChI is InChI=1S/C15H21FN4/c1-3-6-18-15(12-9-13(16)11-17-10-12)14-5-7-19-20(14)8-4-2/h5,7,9-11,15,18H,3-4,6,8H2,1-2H3. The van der Waals surface area contributed by atoms with Crippen LogP contribution in [0.2, 0.25) is 0 Å². The van der Waals surface area contributed by atoms with Crippen molar-refractivity contribution in [1.82, 2.24) is 20.1 Å². The largest absolute Gasteiger partial charge is 0.305 e. The van der Waals surface area contributed by atoms with Crippen LogP contribution in [0.5, 0.6) is 0 Å². The van der Waals surface area contributed by atoms with Gasteiger partial charge in [0.1, 0.15) is 5.82 Å². The Balaban J connectivity index is 2.33. The number of hydrogen-bond donors (Lipinski definition) is 1. The van der Waals surface area contributed by atoms with E-state index in [1.165, 1.54) is 12.3 Å². The predicted molar refractivity (Wildman–Crippen MR) is 76.8 cm³/mol. The van der Waals surface area contributed by atoms with Crippen LogP contribution < -0.4 is 5.32 Å². The second-order valence-corrected chi connectivity index (χ2v) is 4.80. The number of halogens is 1. The summed E-state index contributed by atoms with van der Waals surface area (Å²) in [5, 5.41) is 7.79. The van der Waals surface area contributed by atoms with Crippen LogP contribution >= 0.6 is 0 Å². The van der Waals surface area contributed by atoms with Gasteiger partial charge in [0.2, 0.25) is 0 Å². The van der Waals surface area contributed by atoms with Crippen LogP contribution in [-0.4, -0.2) is 21.3 Å². The molecule has 4 nitrogen and oxygen atoms in total. The molecule has 0 fully saturated rings. The van der Waals surface area contributed by atoms with Crippen molar-refractivity contribution in [2.24, 2.45) is 0 Å². The molecule has 2 rings (SSSR count). The number of nitrogens with zero attached hydrogens (tertiary/aromatic N) is 3. The minimum atomic E-state index is -0.313. The first kappa shape index (κ1) is 14.7. The van der Waals surface area contributed by atoms with Crippen molar-refractivity contribution in [3.05, 3.63) is 47.8 Å². The summed E-state index contributed by atoms with van der Waals surface area (Å²) in [6.45, 7) is 5.94. The number of aromatic nitrogens is 3. The molecular weight excluding hydrogens is 255 g/mol. The van der Waals surface area contributed by atoms with E-state index in [-0.39, 0.29) is 11.9 Å². The Kier molecular flexibility index (Phi) is 5.24. The lowest BCUT2D eigenvalue weighted by Crippen LogP contribution is -2.26. The summed E-state index contributed by atoms with van der Waals surface area (Å²) in [5.74, 6) is -0.313. The number of pyridine rings is 1. The van der Waals surface area contributed by atoms with E-state index >= 15 is 0 Å². The molecule has 0 spiro atoms.